The molecule has 1 heterocycles. The number of aryl methyl sites for hydroxylation is 1. The molecule has 20 heavy (non-hydrogen) atoms. The van der Waals surface area contributed by atoms with Crippen molar-refractivity contribution in [3.05, 3.63) is 27.7 Å². The monoisotopic (exact) mass is 334 g/mol. The van der Waals surface area contributed by atoms with Crippen LogP contribution < -0.4 is 4.90 Å². The molecule has 104 valence electrons. The zero-order valence-electron chi connectivity index (χ0n) is 11.7. The molecule has 0 aliphatic carbocycles. The number of hydrogen-bond donors (Lipinski definition) is 0. The Morgan fingerprint density at radius 1 is 1.35 bits per heavy atom. The van der Waals surface area contributed by atoms with Gasteiger partial charge in [0.1, 0.15) is 0 Å². The van der Waals surface area contributed by atoms with E-state index in [1.807, 2.05) is 26.8 Å². The number of nitrogens with zero attached hydrogens (tertiary/aromatic N) is 2. The predicted octanol–water partition coefficient (Wildman–Crippen LogP) is 3.23. The first kappa shape index (κ1) is 14.7. The molecule has 0 N–H and O–H groups in total. The van der Waals surface area contributed by atoms with Crippen LogP contribution in [-0.4, -0.2) is 18.2 Å². The van der Waals surface area contributed by atoms with Crippen molar-refractivity contribution in [1.29, 1.82) is 5.26 Å². The molecule has 1 aromatic rings. The van der Waals surface area contributed by atoms with E-state index in [0.717, 1.165) is 10.0 Å². The van der Waals surface area contributed by atoms with Crippen LogP contribution in [0.2, 0.25) is 0 Å². The fourth-order valence-corrected chi connectivity index (χ4v) is 2.84. The van der Waals surface area contributed by atoms with E-state index in [1.54, 1.807) is 6.07 Å². The van der Waals surface area contributed by atoms with Gasteiger partial charge in [0.25, 0.3) is 11.7 Å². The molecule has 1 aliphatic rings. The lowest BCUT2D eigenvalue weighted by atomic mass is 9.91. The van der Waals surface area contributed by atoms with Crippen LogP contribution in [0.4, 0.5) is 5.69 Å². The van der Waals surface area contributed by atoms with Crippen molar-refractivity contribution in [2.24, 2.45) is 5.41 Å². The summed E-state index contributed by atoms with van der Waals surface area (Å²) in [5.41, 5.74) is 1.48. The minimum atomic E-state index is -0.519. The minimum Gasteiger partial charge on any atom is -0.304 e. The summed E-state index contributed by atoms with van der Waals surface area (Å²) in [6.07, 6.45) is 0.525. The number of amides is 1. The molecule has 2 rings (SSSR count). The number of rotatable bonds is 3. The standard InChI is InChI=1S/C15H15BrN2O2/c1-9-6-10(16)7-11-12(9)18(14(20)13(11)19)5-4-15(2,3)8-17/h6-7H,4-5H2,1-3H3. The second kappa shape index (κ2) is 5.02. The molecular weight excluding hydrogens is 320 g/mol. The summed E-state index contributed by atoms with van der Waals surface area (Å²) < 4.78 is 0.786. The molecule has 0 fully saturated rings. The number of ketones is 1. The fourth-order valence-electron chi connectivity index (χ4n) is 2.27. The fraction of sp³-hybridized carbons (Fsp3) is 0.400. The third-order valence-electron chi connectivity index (χ3n) is 3.48. The maximum absolute atomic E-state index is 12.1. The van der Waals surface area contributed by atoms with E-state index in [9.17, 15) is 9.59 Å². The van der Waals surface area contributed by atoms with E-state index >= 15 is 0 Å². The van der Waals surface area contributed by atoms with Crippen LogP contribution in [-0.2, 0) is 4.79 Å². The molecule has 0 radical (unpaired) electrons. The third-order valence-corrected chi connectivity index (χ3v) is 3.94. The number of nitriles is 1. The number of benzene rings is 1. The van der Waals surface area contributed by atoms with Gasteiger partial charge in [-0.05, 0) is 44.9 Å². The largest absolute Gasteiger partial charge is 0.304 e. The molecular formula is C15H15BrN2O2. The molecule has 0 spiro atoms. The molecule has 5 heteroatoms. The van der Waals surface area contributed by atoms with E-state index in [-0.39, 0.29) is 0 Å². The average Bonchev–Trinajstić information content (AvgIpc) is 2.61. The van der Waals surface area contributed by atoms with Gasteiger partial charge in [-0.15, -0.1) is 0 Å². The Labute approximate surface area is 126 Å². The van der Waals surface area contributed by atoms with E-state index in [2.05, 4.69) is 22.0 Å². The molecule has 1 aromatic carbocycles. The Balaban J connectivity index is 2.37. The molecule has 0 saturated carbocycles. The van der Waals surface area contributed by atoms with Crippen molar-refractivity contribution in [2.45, 2.75) is 27.2 Å². The summed E-state index contributed by atoms with van der Waals surface area (Å²) in [6, 6.07) is 5.77. The first-order valence-corrected chi connectivity index (χ1v) is 7.14. The lowest BCUT2D eigenvalue weighted by Crippen LogP contribution is -2.33. The van der Waals surface area contributed by atoms with Crippen LogP contribution in [0.25, 0.3) is 0 Å². The molecule has 0 bridgehead atoms. The van der Waals surface area contributed by atoms with E-state index in [4.69, 9.17) is 5.26 Å². The number of carbonyl (C=O) groups is 2. The van der Waals surface area contributed by atoms with Gasteiger partial charge in [-0.25, -0.2) is 0 Å². The minimum absolute atomic E-state index is 0.376. The van der Waals surface area contributed by atoms with Crippen LogP contribution in [0, 0.1) is 23.7 Å². The van der Waals surface area contributed by atoms with Crippen LogP contribution in [0.15, 0.2) is 16.6 Å². The summed E-state index contributed by atoms with van der Waals surface area (Å²) in [7, 11) is 0. The smallest absolute Gasteiger partial charge is 0.299 e. The Bertz CT molecular complexity index is 644. The number of Topliss-reactive ketones (excluding diaryl/α,β-unsaturated/α-hetero) is 1. The van der Waals surface area contributed by atoms with E-state index < -0.39 is 17.1 Å². The second-order valence-corrected chi connectivity index (χ2v) is 6.57. The third kappa shape index (κ3) is 2.48. The normalized spacial score (nSPS) is 14.4. The highest BCUT2D eigenvalue weighted by molar-refractivity contribution is 9.10. The van der Waals surface area contributed by atoms with Gasteiger partial charge in [-0.2, -0.15) is 5.26 Å². The van der Waals surface area contributed by atoms with Crippen LogP contribution in [0.1, 0.15) is 36.2 Å². The first-order chi connectivity index (χ1) is 9.26. The van der Waals surface area contributed by atoms with Gasteiger partial charge in [0.05, 0.1) is 22.7 Å². The number of fused-ring (bicyclic) bond motifs is 1. The van der Waals surface area contributed by atoms with Crippen molar-refractivity contribution in [1.82, 2.24) is 0 Å². The van der Waals surface area contributed by atoms with Gasteiger partial charge in [0, 0.05) is 11.0 Å². The Morgan fingerprint density at radius 3 is 2.60 bits per heavy atom. The number of anilines is 1. The Kier molecular flexibility index (Phi) is 3.70. The summed E-state index contributed by atoms with van der Waals surface area (Å²) in [6.45, 7) is 5.90. The maximum Gasteiger partial charge on any atom is 0.299 e. The Hall–Kier alpha value is -1.67. The highest BCUT2D eigenvalue weighted by Crippen LogP contribution is 2.36. The SMILES string of the molecule is Cc1cc(Br)cc2c1N(CCC(C)(C)C#N)C(=O)C2=O. The van der Waals surface area contributed by atoms with Gasteiger partial charge >= 0.3 is 0 Å². The quantitative estimate of drug-likeness (QED) is 0.797. The summed E-state index contributed by atoms with van der Waals surface area (Å²) in [5, 5.41) is 9.05. The van der Waals surface area contributed by atoms with Crippen molar-refractivity contribution in [2.75, 3.05) is 11.4 Å². The molecule has 0 unspecified atom stereocenters. The maximum atomic E-state index is 12.1. The molecule has 0 aromatic heterocycles. The topological polar surface area (TPSA) is 61.2 Å². The predicted molar refractivity (Wildman–Crippen MR) is 79.6 cm³/mol. The van der Waals surface area contributed by atoms with Gasteiger partial charge in [-0.1, -0.05) is 15.9 Å². The lowest BCUT2D eigenvalue weighted by Gasteiger charge is -2.22. The average molecular weight is 335 g/mol. The summed E-state index contributed by atoms with van der Waals surface area (Å²) >= 11 is 3.34. The molecule has 1 aliphatic heterocycles. The van der Waals surface area contributed by atoms with Crippen LogP contribution >= 0.6 is 15.9 Å². The van der Waals surface area contributed by atoms with Gasteiger partial charge < -0.3 is 4.90 Å². The highest BCUT2D eigenvalue weighted by Gasteiger charge is 2.37. The summed E-state index contributed by atoms with van der Waals surface area (Å²) in [5.74, 6) is -0.978. The van der Waals surface area contributed by atoms with E-state index in [0.29, 0.717) is 24.2 Å². The number of hydrogen-bond acceptors (Lipinski definition) is 3. The van der Waals surface area contributed by atoms with Gasteiger partial charge in [-0.3, -0.25) is 9.59 Å². The van der Waals surface area contributed by atoms with Crippen LogP contribution in [0.5, 0.6) is 0 Å². The zero-order chi connectivity index (χ0) is 15.1. The number of halogens is 1. The zero-order valence-corrected chi connectivity index (χ0v) is 13.2. The molecule has 4 nitrogen and oxygen atoms in total. The van der Waals surface area contributed by atoms with Crippen molar-refractivity contribution >= 4 is 33.3 Å². The number of carbonyl (C=O) groups excluding carboxylic acids is 2. The van der Waals surface area contributed by atoms with Crippen molar-refractivity contribution < 1.29 is 9.59 Å². The summed E-state index contributed by atoms with van der Waals surface area (Å²) in [4.78, 5) is 25.6. The van der Waals surface area contributed by atoms with Crippen molar-refractivity contribution in [3.8, 4) is 6.07 Å². The molecule has 0 saturated heterocycles. The van der Waals surface area contributed by atoms with Crippen molar-refractivity contribution in [3.63, 3.8) is 0 Å². The Morgan fingerprint density at radius 2 is 2.00 bits per heavy atom. The van der Waals surface area contributed by atoms with E-state index in [1.165, 1.54) is 4.90 Å². The molecule has 1 amide bonds. The highest BCUT2D eigenvalue weighted by atomic mass is 79.9. The second-order valence-electron chi connectivity index (χ2n) is 5.65. The lowest BCUT2D eigenvalue weighted by molar-refractivity contribution is -0.114. The van der Waals surface area contributed by atoms with Crippen LogP contribution in [0.3, 0.4) is 0 Å². The van der Waals surface area contributed by atoms with Gasteiger partial charge in [0.15, 0.2) is 0 Å². The molecule has 0 atom stereocenters. The van der Waals surface area contributed by atoms with Gasteiger partial charge in [0.2, 0.25) is 0 Å². The first-order valence-electron chi connectivity index (χ1n) is 6.34.